The lowest BCUT2D eigenvalue weighted by atomic mass is 10.1. The fourth-order valence-electron chi connectivity index (χ4n) is 1.33. The lowest BCUT2D eigenvalue weighted by Gasteiger charge is -2.18. The van der Waals surface area contributed by atoms with Gasteiger partial charge in [-0.05, 0) is 25.8 Å². The predicted molar refractivity (Wildman–Crippen MR) is 46.1 cm³/mol. The van der Waals surface area contributed by atoms with Crippen LogP contribution in [0.3, 0.4) is 0 Å². The molecule has 0 bridgehead atoms. The van der Waals surface area contributed by atoms with Crippen LogP contribution < -0.4 is 17.3 Å². The third-order valence-corrected chi connectivity index (χ3v) is 2.06. The molecule has 0 rings (SSSR count). The number of nitrogens with one attached hydrogen (secondary N) is 1. The summed E-state index contributed by atoms with van der Waals surface area (Å²) in [5.74, 6) is 0. The Morgan fingerprint density at radius 1 is 1.27 bits per heavy atom. The number of halogens is 1. The molecule has 0 aliphatic heterocycles. The number of quaternary nitrogens is 1. The second-order valence-electron chi connectivity index (χ2n) is 2.76. The maximum atomic E-state index is 2.25. The Hall–Kier alpha value is -0.0100. The van der Waals surface area contributed by atoms with E-state index >= 15 is 0 Å². The van der Waals surface area contributed by atoms with Crippen LogP contribution in [0.2, 0.25) is 0 Å². The molecule has 1 atom stereocenters. The van der Waals surface area contributed by atoms with Crippen molar-refractivity contribution >= 4 is 0 Å². The Bertz CT molecular complexity index is 97.7. The monoisotopic (exact) mass is 177 g/mol. The highest BCUT2D eigenvalue weighted by molar-refractivity contribution is 4.64. The van der Waals surface area contributed by atoms with E-state index in [4.69, 9.17) is 0 Å². The van der Waals surface area contributed by atoms with Crippen molar-refractivity contribution in [2.75, 3.05) is 7.05 Å². The van der Waals surface area contributed by atoms with Crippen LogP contribution in [0.25, 0.3) is 0 Å². The van der Waals surface area contributed by atoms with Crippen LogP contribution in [-0.2, 0) is 0 Å². The predicted octanol–water partition coefficient (Wildman–Crippen LogP) is -1.77. The summed E-state index contributed by atoms with van der Waals surface area (Å²) in [6.45, 7) is 6.58. The molecule has 0 amide bonds. The summed E-state index contributed by atoms with van der Waals surface area (Å²) >= 11 is 0. The molecule has 1 nitrogen and oxygen atoms in total. The molecule has 1 N–H and O–H groups in total. The normalized spacial score (nSPS) is 13.5. The standard InChI is InChI=1S/C9H19N.ClH/c1-5-8-10(4)9(6-2)7-3;/h5,8-9H,6-7H2,1-4H3;1H. The van der Waals surface area contributed by atoms with Crippen LogP contribution in [0.4, 0.5) is 0 Å². The molecule has 2 heteroatoms. The minimum Gasteiger partial charge on any atom is -1.00 e. The Morgan fingerprint density at radius 3 is 2.00 bits per heavy atom. The van der Waals surface area contributed by atoms with E-state index in [0.29, 0.717) is 0 Å². The first kappa shape index (κ1) is 13.6. The van der Waals surface area contributed by atoms with Gasteiger partial charge in [-0.25, -0.2) is 0 Å². The summed E-state index contributed by atoms with van der Waals surface area (Å²) in [6.07, 6.45) is 6.88. The Morgan fingerprint density at radius 2 is 1.73 bits per heavy atom. The average molecular weight is 178 g/mol. The molecule has 0 fully saturated rings. The molecule has 0 saturated carbocycles. The van der Waals surface area contributed by atoms with Crippen molar-refractivity contribution in [2.24, 2.45) is 0 Å². The molecule has 0 aromatic rings. The molecular weight excluding hydrogens is 158 g/mol. The zero-order valence-electron chi connectivity index (χ0n) is 8.02. The average Bonchev–Trinajstić information content (AvgIpc) is 1.91. The first-order valence-corrected chi connectivity index (χ1v) is 4.22. The van der Waals surface area contributed by atoms with E-state index in [9.17, 15) is 0 Å². The van der Waals surface area contributed by atoms with Gasteiger partial charge in [-0.3, -0.25) is 0 Å². The van der Waals surface area contributed by atoms with E-state index in [2.05, 4.69) is 40.1 Å². The quantitative estimate of drug-likeness (QED) is 0.519. The summed E-state index contributed by atoms with van der Waals surface area (Å²) in [4.78, 5) is 1.52. The van der Waals surface area contributed by atoms with Gasteiger partial charge in [0.25, 0.3) is 0 Å². The highest BCUT2D eigenvalue weighted by atomic mass is 35.5. The van der Waals surface area contributed by atoms with E-state index in [-0.39, 0.29) is 12.4 Å². The lowest BCUT2D eigenvalue weighted by Crippen LogP contribution is -3.08. The van der Waals surface area contributed by atoms with Crippen molar-refractivity contribution in [3.05, 3.63) is 12.3 Å². The van der Waals surface area contributed by atoms with Gasteiger partial charge in [0, 0.05) is 0 Å². The van der Waals surface area contributed by atoms with Crippen molar-refractivity contribution in [1.82, 2.24) is 0 Å². The second-order valence-corrected chi connectivity index (χ2v) is 2.76. The molecule has 0 aromatic heterocycles. The van der Waals surface area contributed by atoms with E-state index in [0.717, 1.165) is 6.04 Å². The zero-order valence-corrected chi connectivity index (χ0v) is 8.78. The molecule has 0 spiro atoms. The fraction of sp³-hybridized carbons (Fsp3) is 0.778. The molecule has 0 heterocycles. The topological polar surface area (TPSA) is 4.44 Å². The fourth-order valence-corrected chi connectivity index (χ4v) is 1.33. The minimum atomic E-state index is 0. The van der Waals surface area contributed by atoms with Gasteiger partial charge < -0.3 is 17.3 Å². The minimum absolute atomic E-state index is 0. The second kappa shape index (κ2) is 8.09. The summed E-state index contributed by atoms with van der Waals surface area (Å²) in [6, 6.07) is 0.802. The van der Waals surface area contributed by atoms with Crippen molar-refractivity contribution < 1.29 is 17.3 Å². The largest absolute Gasteiger partial charge is 1.00 e. The van der Waals surface area contributed by atoms with Gasteiger partial charge in [-0.2, -0.15) is 0 Å². The Balaban J connectivity index is 0. The molecule has 0 radical (unpaired) electrons. The van der Waals surface area contributed by atoms with Gasteiger partial charge in [0.15, 0.2) is 0 Å². The maximum Gasteiger partial charge on any atom is 0.0908 e. The van der Waals surface area contributed by atoms with Crippen molar-refractivity contribution in [3.63, 3.8) is 0 Å². The number of hydrogen-bond donors (Lipinski definition) is 1. The van der Waals surface area contributed by atoms with Gasteiger partial charge in [0.05, 0.1) is 19.3 Å². The third kappa shape index (κ3) is 5.28. The van der Waals surface area contributed by atoms with E-state index in [1.165, 1.54) is 17.7 Å². The van der Waals surface area contributed by atoms with Gasteiger partial charge in [-0.1, -0.05) is 13.8 Å². The van der Waals surface area contributed by atoms with Gasteiger partial charge in [0.2, 0.25) is 0 Å². The van der Waals surface area contributed by atoms with E-state index < -0.39 is 0 Å². The van der Waals surface area contributed by atoms with E-state index in [1.54, 1.807) is 0 Å². The SMILES string of the molecule is CC=C[NH+](C)C(CC)CC.[Cl-]. The highest BCUT2D eigenvalue weighted by Gasteiger charge is 2.09. The molecule has 11 heavy (non-hydrogen) atoms. The lowest BCUT2D eigenvalue weighted by molar-refractivity contribution is -0.853. The molecule has 0 aromatic carbocycles. The summed E-state index contributed by atoms with van der Waals surface area (Å²) in [5, 5.41) is 0. The molecule has 1 unspecified atom stereocenters. The summed E-state index contributed by atoms with van der Waals surface area (Å²) < 4.78 is 0. The Kier molecular flexibility index (Phi) is 9.98. The first-order valence-electron chi connectivity index (χ1n) is 4.22. The van der Waals surface area contributed by atoms with Gasteiger partial charge >= 0.3 is 0 Å². The van der Waals surface area contributed by atoms with E-state index in [1.807, 2.05) is 0 Å². The molecular formula is C9H20ClN. The van der Waals surface area contributed by atoms with Crippen LogP contribution in [0.1, 0.15) is 33.6 Å². The van der Waals surface area contributed by atoms with Crippen LogP contribution in [0.5, 0.6) is 0 Å². The summed E-state index contributed by atoms with van der Waals surface area (Å²) in [5.41, 5.74) is 0. The zero-order chi connectivity index (χ0) is 7.98. The number of hydrogen-bond acceptors (Lipinski definition) is 0. The van der Waals surface area contributed by atoms with Crippen LogP contribution in [0.15, 0.2) is 12.3 Å². The summed E-state index contributed by atoms with van der Waals surface area (Å²) in [7, 11) is 2.22. The van der Waals surface area contributed by atoms with Crippen molar-refractivity contribution in [1.29, 1.82) is 0 Å². The van der Waals surface area contributed by atoms with Crippen LogP contribution in [-0.4, -0.2) is 13.1 Å². The van der Waals surface area contributed by atoms with Crippen molar-refractivity contribution in [3.8, 4) is 0 Å². The molecule has 0 aliphatic carbocycles. The van der Waals surface area contributed by atoms with Crippen molar-refractivity contribution in [2.45, 2.75) is 39.7 Å². The maximum absolute atomic E-state index is 2.25. The van der Waals surface area contributed by atoms with Crippen LogP contribution >= 0.6 is 0 Å². The van der Waals surface area contributed by atoms with Gasteiger partial charge in [-0.15, -0.1) is 0 Å². The van der Waals surface area contributed by atoms with Gasteiger partial charge in [0.1, 0.15) is 0 Å². The molecule has 0 saturated heterocycles. The third-order valence-electron chi connectivity index (χ3n) is 2.06. The number of allylic oxidation sites excluding steroid dienone is 1. The molecule has 0 aliphatic rings. The highest BCUT2D eigenvalue weighted by Crippen LogP contribution is 1.89. The van der Waals surface area contributed by atoms with Crippen LogP contribution in [0, 0.1) is 0 Å². The smallest absolute Gasteiger partial charge is 0.0908 e. The molecule has 68 valence electrons. The number of rotatable bonds is 4. The first-order chi connectivity index (χ1) is 4.76. The Labute approximate surface area is 76.9 Å².